The van der Waals surface area contributed by atoms with Crippen LogP contribution in [0, 0.1) is 0 Å². The van der Waals surface area contributed by atoms with E-state index in [0.29, 0.717) is 21.2 Å². The fourth-order valence-electron chi connectivity index (χ4n) is 2.97. The molecule has 8 nitrogen and oxygen atoms in total. The van der Waals surface area contributed by atoms with Crippen molar-refractivity contribution in [2.75, 3.05) is 13.2 Å². The van der Waals surface area contributed by atoms with Gasteiger partial charge in [0.05, 0.1) is 24.7 Å². The van der Waals surface area contributed by atoms with Gasteiger partial charge in [-0.15, -0.1) is 0 Å². The lowest BCUT2D eigenvalue weighted by atomic mass is 10.1. The largest absolute Gasteiger partial charge is 0.452 e. The van der Waals surface area contributed by atoms with Crippen molar-refractivity contribution in [2.45, 2.75) is 19.5 Å². The molecule has 4 amide bonds. The summed E-state index contributed by atoms with van der Waals surface area (Å²) in [4.78, 5) is 48.6. The topological polar surface area (TPSA) is 105 Å². The number of nitrogens with one attached hydrogen (secondary N) is 2. The molecule has 1 unspecified atom stereocenters. The molecule has 0 spiro atoms. The number of benzene rings is 2. The highest BCUT2D eigenvalue weighted by Crippen LogP contribution is 2.26. The summed E-state index contributed by atoms with van der Waals surface area (Å²) in [7, 11) is 0. The fourth-order valence-corrected chi connectivity index (χ4v) is 3.54. The molecule has 2 aromatic rings. The lowest BCUT2D eigenvalue weighted by molar-refractivity contribution is -0.125. The SMILES string of the molecule is CC(NC(=O)COC(=O)c1ccc(CN2C(=O)CNC2=O)cc1)c1ccc(Cl)cc1Cl. The van der Waals surface area contributed by atoms with Crippen LogP contribution in [0.4, 0.5) is 4.79 Å². The number of carbonyl (C=O) groups is 4. The van der Waals surface area contributed by atoms with Gasteiger partial charge in [-0.2, -0.15) is 0 Å². The molecule has 10 heteroatoms. The standard InChI is InChI=1S/C21H19Cl2N3O5/c1-12(16-7-6-15(22)8-17(16)23)25-18(27)11-31-20(29)14-4-2-13(3-5-14)10-26-19(28)9-24-21(26)30/h2-8,12H,9-11H2,1H3,(H,24,30)(H,25,27). The first-order chi connectivity index (χ1) is 14.7. The average molecular weight is 464 g/mol. The van der Waals surface area contributed by atoms with Crippen LogP contribution in [-0.4, -0.2) is 41.9 Å². The molecule has 0 aromatic heterocycles. The number of ether oxygens (including phenoxy) is 1. The van der Waals surface area contributed by atoms with Gasteiger partial charge in [0.25, 0.3) is 5.91 Å². The highest BCUT2D eigenvalue weighted by molar-refractivity contribution is 6.35. The minimum absolute atomic E-state index is 0.0197. The van der Waals surface area contributed by atoms with E-state index < -0.39 is 30.6 Å². The first-order valence-electron chi connectivity index (χ1n) is 9.33. The molecule has 0 bridgehead atoms. The Bertz CT molecular complexity index is 1010. The van der Waals surface area contributed by atoms with Crippen LogP contribution in [0.1, 0.15) is 34.5 Å². The van der Waals surface area contributed by atoms with Crippen molar-refractivity contribution in [1.29, 1.82) is 0 Å². The second-order valence-corrected chi connectivity index (χ2v) is 7.71. The normalized spacial score (nSPS) is 14.2. The molecule has 2 aromatic carbocycles. The van der Waals surface area contributed by atoms with Gasteiger partial charge in [0.15, 0.2) is 6.61 Å². The van der Waals surface area contributed by atoms with E-state index in [2.05, 4.69) is 10.6 Å². The Labute approximate surface area is 188 Å². The Hall–Kier alpha value is -3.10. The molecule has 1 fully saturated rings. The molecule has 1 aliphatic rings. The first kappa shape index (κ1) is 22.6. The number of imide groups is 1. The summed E-state index contributed by atoms with van der Waals surface area (Å²) in [5.74, 6) is -1.47. The molecule has 1 atom stereocenters. The third-order valence-electron chi connectivity index (χ3n) is 4.61. The molecule has 1 heterocycles. The van der Waals surface area contributed by atoms with Crippen LogP contribution in [0.5, 0.6) is 0 Å². The molecular weight excluding hydrogens is 445 g/mol. The third kappa shape index (κ3) is 5.74. The lowest BCUT2D eigenvalue weighted by Gasteiger charge is -2.16. The van der Waals surface area contributed by atoms with Crippen LogP contribution in [0.2, 0.25) is 10.0 Å². The molecule has 0 radical (unpaired) electrons. The van der Waals surface area contributed by atoms with Gasteiger partial charge in [-0.3, -0.25) is 14.5 Å². The van der Waals surface area contributed by atoms with E-state index in [0.717, 1.165) is 4.90 Å². The van der Waals surface area contributed by atoms with E-state index >= 15 is 0 Å². The second kappa shape index (κ2) is 9.80. The third-order valence-corrected chi connectivity index (χ3v) is 5.17. The summed E-state index contributed by atoms with van der Waals surface area (Å²) in [5, 5.41) is 6.05. The van der Waals surface area contributed by atoms with E-state index in [-0.39, 0.29) is 24.6 Å². The summed E-state index contributed by atoms with van der Waals surface area (Å²) in [5.41, 5.74) is 1.60. The molecule has 1 aliphatic heterocycles. The van der Waals surface area contributed by atoms with Crippen molar-refractivity contribution in [1.82, 2.24) is 15.5 Å². The fraction of sp³-hybridized carbons (Fsp3) is 0.238. The summed E-state index contributed by atoms with van der Waals surface area (Å²) in [6.07, 6.45) is 0. The van der Waals surface area contributed by atoms with E-state index in [1.165, 1.54) is 12.1 Å². The summed E-state index contributed by atoms with van der Waals surface area (Å²) in [6.45, 7) is 1.37. The predicted molar refractivity (Wildman–Crippen MR) is 114 cm³/mol. The smallest absolute Gasteiger partial charge is 0.338 e. The first-order valence-corrected chi connectivity index (χ1v) is 10.1. The quantitative estimate of drug-likeness (QED) is 0.484. The van der Waals surface area contributed by atoms with Gasteiger partial charge in [-0.1, -0.05) is 41.4 Å². The van der Waals surface area contributed by atoms with Crippen molar-refractivity contribution in [2.24, 2.45) is 0 Å². The van der Waals surface area contributed by atoms with Gasteiger partial charge in [-0.05, 0) is 42.3 Å². The highest BCUT2D eigenvalue weighted by Gasteiger charge is 2.28. The van der Waals surface area contributed by atoms with Crippen molar-refractivity contribution in [3.05, 3.63) is 69.2 Å². The Morgan fingerprint density at radius 1 is 1.16 bits per heavy atom. The van der Waals surface area contributed by atoms with Gasteiger partial charge in [-0.25, -0.2) is 9.59 Å². The average Bonchev–Trinajstić information content (AvgIpc) is 3.04. The maximum atomic E-state index is 12.2. The maximum absolute atomic E-state index is 12.2. The van der Waals surface area contributed by atoms with Crippen LogP contribution in [0.25, 0.3) is 0 Å². The van der Waals surface area contributed by atoms with Crippen molar-refractivity contribution in [3.63, 3.8) is 0 Å². The van der Waals surface area contributed by atoms with Gasteiger partial charge < -0.3 is 15.4 Å². The Morgan fingerprint density at radius 3 is 2.48 bits per heavy atom. The zero-order valence-electron chi connectivity index (χ0n) is 16.5. The molecule has 162 valence electrons. The van der Waals surface area contributed by atoms with Gasteiger partial charge in [0.2, 0.25) is 5.91 Å². The van der Waals surface area contributed by atoms with E-state index in [4.69, 9.17) is 27.9 Å². The predicted octanol–water partition coefficient (Wildman–Crippen LogP) is 3.08. The zero-order valence-corrected chi connectivity index (χ0v) is 18.0. The number of hydrogen-bond donors (Lipinski definition) is 2. The molecule has 0 aliphatic carbocycles. The summed E-state index contributed by atoms with van der Waals surface area (Å²) < 4.78 is 5.05. The van der Waals surface area contributed by atoms with Crippen LogP contribution in [0.15, 0.2) is 42.5 Å². The van der Waals surface area contributed by atoms with Gasteiger partial charge in [0, 0.05) is 10.0 Å². The van der Waals surface area contributed by atoms with Crippen molar-refractivity contribution in [3.8, 4) is 0 Å². The number of urea groups is 1. The number of carbonyl (C=O) groups excluding carboxylic acids is 4. The molecule has 31 heavy (non-hydrogen) atoms. The summed E-state index contributed by atoms with van der Waals surface area (Å²) >= 11 is 12.0. The van der Waals surface area contributed by atoms with Crippen LogP contribution in [0.3, 0.4) is 0 Å². The Balaban J connectivity index is 1.50. The van der Waals surface area contributed by atoms with E-state index in [1.54, 1.807) is 37.3 Å². The van der Waals surface area contributed by atoms with E-state index in [1.807, 2.05) is 0 Å². The molecule has 3 rings (SSSR count). The maximum Gasteiger partial charge on any atom is 0.338 e. The monoisotopic (exact) mass is 463 g/mol. The minimum Gasteiger partial charge on any atom is -0.452 e. The van der Waals surface area contributed by atoms with Crippen LogP contribution < -0.4 is 10.6 Å². The van der Waals surface area contributed by atoms with Gasteiger partial charge >= 0.3 is 12.0 Å². The van der Waals surface area contributed by atoms with E-state index in [9.17, 15) is 19.2 Å². The lowest BCUT2D eigenvalue weighted by Crippen LogP contribution is -2.31. The number of hydrogen-bond acceptors (Lipinski definition) is 5. The summed E-state index contributed by atoms with van der Waals surface area (Å²) in [6, 6.07) is 10.3. The number of rotatable bonds is 7. The number of nitrogens with zero attached hydrogens (tertiary/aromatic N) is 1. The number of esters is 1. The van der Waals surface area contributed by atoms with Crippen LogP contribution in [-0.2, 0) is 20.9 Å². The highest BCUT2D eigenvalue weighted by atomic mass is 35.5. The second-order valence-electron chi connectivity index (χ2n) is 6.87. The zero-order chi connectivity index (χ0) is 22.5. The number of halogens is 2. The Kier molecular flexibility index (Phi) is 7.14. The molecule has 1 saturated heterocycles. The minimum atomic E-state index is -0.672. The Morgan fingerprint density at radius 2 is 1.87 bits per heavy atom. The molecule has 2 N–H and O–H groups in total. The number of amides is 4. The van der Waals surface area contributed by atoms with Crippen molar-refractivity contribution < 1.29 is 23.9 Å². The van der Waals surface area contributed by atoms with Gasteiger partial charge in [0.1, 0.15) is 0 Å². The van der Waals surface area contributed by atoms with Crippen molar-refractivity contribution >= 4 is 47.0 Å². The molecular formula is C21H19Cl2N3O5. The van der Waals surface area contributed by atoms with Crippen LogP contribution >= 0.6 is 23.2 Å². The molecule has 0 saturated carbocycles.